The number of methoxy groups -OCH3 is 1. The van der Waals surface area contributed by atoms with Crippen molar-refractivity contribution in [2.75, 3.05) is 24.5 Å². The van der Waals surface area contributed by atoms with Crippen LogP contribution in [0.3, 0.4) is 0 Å². The molecule has 0 aliphatic heterocycles. The number of nitrogens with zero attached hydrogens (tertiary/aromatic N) is 1. The van der Waals surface area contributed by atoms with Crippen LogP contribution < -0.4 is 14.4 Å². The summed E-state index contributed by atoms with van der Waals surface area (Å²) in [6.45, 7) is 1.88. The Kier molecular flexibility index (Phi) is 8.65. The van der Waals surface area contributed by atoms with Crippen LogP contribution in [0.5, 0.6) is 5.75 Å². The van der Waals surface area contributed by atoms with Gasteiger partial charge in [-0.25, -0.2) is 12.8 Å². The second-order valence-corrected chi connectivity index (χ2v) is 9.77. The van der Waals surface area contributed by atoms with E-state index >= 15 is 0 Å². The van der Waals surface area contributed by atoms with Crippen LogP contribution in [0.2, 0.25) is 0 Å². The number of halogens is 1. The molecule has 8 heteroatoms. The van der Waals surface area contributed by atoms with Gasteiger partial charge in [-0.2, -0.15) is 0 Å². The number of ether oxygens (including phenoxy) is 1. The number of hydrogen-bond acceptors (Lipinski definition) is 4. The summed E-state index contributed by atoms with van der Waals surface area (Å²) in [6.07, 6.45) is 1.63. The Morgan fingerprint density at radius 3 is 2.26 bits per heavy atom. The van der Waals surface area contributed by atoms with Crippen LogP contribution in [-0.4, -0.2) is 34.5 Å². The number of nitrogens with one attached hydrogen (secondary N) is 1. The van der Waals surface area contributed by atoms with E-state index in [-0.39, 0.29) is 16.5 Å². The molecule has 3 rings (SSSR count). The average molecular weight is 485 g/mol. The second kappa shape index (κ2) is 11.7. The summed E-state index contributed by atoms with van der Waals surface area (Å²) in [6, 6.07) is 21.2. The average Bonchev–Trinajstić information content (AvgIpc) is 2.86. The lowest BCUT2D eigenvalue weighted by Crippen LogP contribution is -2.42. The van der Waals surface area contributed by atoms with Crippen molar-refractivity contribution >= 4 is 21.6 Å². The van der Waals surface area contributed by atoms with Crippen molar-refractivity contribution in [1.82, 2.24) is 5.32 Å². The molecular formula is C26H29FN2O4S. The van der Waals surface area contributed by atoms with Gasteiger partial charge in [-0.1, -0.05) is 55.8 Å². The van der Waals surface area contributed by atoms with E-state index in [0.717, 1.165) is 23.2 Å². The molecular weight excluding hydrogens is 455 g/mol. The van der Waals surface area contributed by atoms with E-state index in [2.05, 4.69) is 5.32 Å². The largest absolute Gasteiger partial charge is 0.497 e. The van der Waals surface area contributed by atoms with E-state index in [1.807, 2.05) is 37.3 Å². The lowest BCUT2D eigenvalue weighted by Gasteiger charge is -2.25. The first-order chi connectivity index (χ1) is 16.3. The number of carbonyl (C=O) groups is 1. The molecule has 180 valence electrons. The molecule has 34 heavy (non-hydrogen) atoms. The minimum absolute atomic E-state index is 0.0696. The van der Waals surface area contributed by atoms with Crippen LogP contribution in [0.15, 0.2) is 83.8 Å². The van der Waals surface area contributed by atoms with Gasteiger partial charge in [0, 0.05) is 6.54 Å². The van der Waals surface area contributed by atoms with Crippen molar-refractivity contribution in [3.63, 3.8) is 0 Å². The zero-order valence-electron chi connectivity index (χ0n) is 19.3. The minimum atomic E-state index is -4.21. The highest BCUT2D eigenvalue weighted by Gasteiger charge is 2.29. The fourth-order valence-corrected chi connectivity index (χ4v) is 5.01. The summed E-state index contributed by atoms with van der Waals surface area (Å²) < 4.78 is 47.3. The van der Waals surface area contributed by atoms with Crippen LogP contribution in [0.1, 0.15) is 18.9 Å². The fraction of sp³-hybridized carbons (Fsp3) is 0.269. The number of amides is 1. The van der Waals surface area contributed by atoms with Gasteiger partial charge in [0.05, 0.1) is 17.7 Å². The molecule has 0 fully saturated rings. The zero-order chi connectivity index (χ0) is 24.6. The third kappa shape index (κ3) is 6.35. The maximum atomic E-state index is 14.6. The van der Waals surface area contributed by atoms with Crippen molar-refractivity contribution in [3.05, 3.63) is 90.2 Å². The molecule has 1 N–H and O–H groups in total. The Morgan fingerprint density at radius 2 is 1.65 bits per heavy atom. The monoisotopic (exact) mass is 484 g/mol. The molecule has 0 aliphatic carbocycles. The van der Waals surface area contributed by atoms with Crippen molar-refractivity contribution < 1.29 is 22.3 Å². The van der Waals surface area contributed by atoms with E-state index in [4.69, 9.17) is 4.74 Å². The minimum Gasteiger partial charge on any atom is -0.497 e. The standard InChI is InChI=1S/C26H29FN2O4S/c1-3-20(17-21-9-5-4-6-10-21)18-28-26(30)19-29(25-12-8-7-11-24(25)27)34(31,32)23-15-13-22(33-2)14-16-23/h4-16,20H,3,17-19H2,1-2H3,(H,28,30). The number of sulfonamides is 1. The van der Waals surface area contributed by atoms with Crippen molar-refractivity contribution in [3.8, 4) is 5.75 Å². The third-order valence-corrected chi connectivity index (χ3v) is 7.36. The van der Waals surface area contributed by atoms with E-state index in [9.17, 15) is 17.6 Å². The maximum absolute atomic E-state index is 14.6. The van der Waals surface area contributed by atoms with E-state index in [0.29, 0.717) is 12.3 Å². The Labute approximate surface area is 200 Å². The molecule has 1 amide bonds. The van der Waals surface area contributed by atoms with Gasteiger partial charge in [-0.05, 0) is 54.3 Å². The molecule has 3 aromatic rings. The quantitative estimate of drug-likeness (QED) is 0.437. The van der Waals surface area contributed by atoms with Crippen molar-refractivity contribution in [2.45, 2.75) is 24.7 Å². The molecule has 0 aromatic heterocycles. The number of rotatable bonds is 11. The Balaban J connectivity index is 1.78. The van der Waals surface area contributed by atoms with Crippen molar-refractivity contribution in [2.24, 2.45) is 5.92 Å². The van der Waals surface area contributed by atoms with E-state index in [1.165, 1.54) is 55.1 Å². The topological polar surface area (TPSA) is 75.7 Å². The van der Waals surface area contributed by atoms with Gasteiger partial charge in [-0.15, -0.1) is 0 Å². The normalized spacial score (nSPS) is 12.1. The number of carbonyl (C=O) groups excluding carboxylic acids is 1. The molecule has 0 spiro atoms. The maximum Gasteiger partial charge on any atom is 0.264 e. The van der Waals surface area contributed by atoms with Gasteiger partial charge in [0.2, 0.25) is 5.91 Å². The first-order valence-corrected chi connectivity index (χ1v) is 12.5. The molecule has 3 aromatic carbocycles. The second-order valence-electron chi connectivity index (χ2n) is 7.91. The SMILES string of the molecule is CCC(CNC(=O)CN(c1ccccc1F)S(=O)(=O)c1ccc(OC)cc1)Cc1ccccc1. The summed E-state index contributed by atoms with van der Waals surface area (Å²) in [5, 5.41) is 2.83. The van der Waals surface area contributed by atoms with Crippen LogP contribution in [0, 0.1) is 11.7 Å². The van der Waals surface area contributed by atoms with E-state index < -0.39 is 28.3 Å². The lowest BCUT2D eigenvalue weighted by atomic mass is 9.97. The third-order valence-electron chi connectivity index (χ3n) is 5.59. The molecule has 0 bridgehead atoms. The summed E-state index contributed by atoms with van der Waals surface area (Å²) in [5.74, 6) is -0.570. The number of benzene rings is 3. The van der Waals surface area contributed by atoms with Crippen LogP contribution in [-0.2, 0) is 21.2 Å². The summed E-state index contributed by atoms with van der Waals surface area (Å²) in [4.78, 5) is 12.8. The van der Waals surface area contributed by atoms with Gasteiger partial charge in [0.15, 0.2) is 0 Å². The molecule has 0 heterocycles. The Bertz CT molecular complexity index is 1180. The van der Waals surface area contributed by atoms with Gasteiger partial charge < -0.3 is 10.1 Å². The van der Waals surface area contributed by atoms with Gasteiger partial charge in [-0.3, -0.25) is 9.10 Å². The number of para-hydroxylation sites is 1. The molecule has 0 saturated carbocycles. The molecule has 0 aliphatic rings. The van der Waals surface area contributed by atoms with Crippen molar-refractivity contribution in [1.29, 1.82) is 0 Å². The highest BCUT2D eigenvalue weighted by atomic mass is 32.2. The van der Waals surface area contributed by atoms with Gasteiger partial charge in [0.25, 0.3) is 10.0 Å². The predicted octanol–water partition coefficient (Wildman–Crippen LogP) is 4.41. The molecule has 1 atom stereocenters. The van der Waals surface area contributed by atoms with E-state index in [1.54, 1.807) is 0 Å². The number of hydrogen-bond donors (Lipinski definition) is 1. The molecule has 0 saturated heterocycles. The van der Waals surface area contributed by atoms with Gasteiger partial charge >= 0.3 is 0 Å². The first kappa shape index (κ1) is 25.2. The highest BCUT2D eigenvalue weighted by Crippen LogP contribution is 2.27. The molecule has 0 radical (unpaired) electrons. The predicted molar refractivity (Wildman–Crippen MR) is 131 cm³/mol. The van der Waals surface area contributed by atoms with Crippen LogP contribution in [0.25, 0.3) is 0 Å². The number of anilines is 1. The van der Waals surface area contributed by atoms with Gasteiger partial charge in [0.1, 0.15) is 18.1 Å². The smallest absolute Gasteiger partial charge is 0.264 e. The zero-order valence-corrected chi connectivity index (χ0v) is 20.1. The summed E-state index contributed by atoms with van der Waals surface area (Å²) in [5.41, 5.74) is 0.975. The lowest BCUT2D eigenvalue weighted by molar-refractivity contribution is -0.119. The Hall–Kier alpha value is -3.39. The van der Waals surface area contributed by atoms with Crippen LogP contribution in [0.4, 0.5) is 10.1 Å². The highest BCUT2D eigenvalue weighted by molar-refractivity contribution is 7.92. The Morgan fingerprint density at radius 1 is 1.00 bits per heavy atom. The molecule has 6 nitrogen and oxygen atoms in total. The van der Waals surface area contributed by atoms with Crippen LogP contribution >= 0.6 is 0 Å². The molecule has 1 unspecified atom stereocenters. The first-order valence-electron chi connectivity index (χ1n) is 11.1. The summed E-state index contributed by atoms with van der Waals surface area (Å²) in [7, 11) is -2.74. The fourth-order valence-electron chi connectivity index (χ4n) is 3.58. The summed E-state index contributed by atoms with van der Waals surface area (Å²) >= 11 is 0.